The smallest absolute Gasteiger partial charge is 0.0935 e. The van der Waals surface area contributed by atoms with E-state index in [1.54, 1.807) is 12.5 Å². The number of furan rings is 1. The highest BCUT2D eigenvalue weighted by molar-refractivity contribution is 5.08. The molecule has 0 spiro atoms. The zero-order valence-corrected chi connectivity index (χ0v) is 11.2. The average molecular weight is 240 g/mol. The van der Waals surface area contributed by atoms with Gasteiger partial charge in [-0.1, -0.05) is 20.8 Å². The Labute approximate surface area is 103 Å². The maximum Gasteiger partial charge on any atom is 0.0935 e. The summed E-state index contributed by atoms with van der Waals surface area (Å²) in [6.07, 6.45) is 4.29. The first-order valence-electron chi connectivity index (χ1n) is 6.07. The van der Waals surface area contributed by atoms with E-state index in [2.05, 4.69) is 26.2 Å². The highest BCUT2D eigenvalue weighted by Gasteiger charge is 2.32. The van der Waals surface area contributed by atoms with Crippen molar-refractivity contribution < 1.29 is 9.15 Å². The van der Waals surface area contributed by atoms with Crippen molar-refractivity contribution in [2.45, 2.75) is 46.3 Å². The minimum atomic E-state index is 0.0385. The van der Waals surface area contributed by atoms with E-state index in [1.807, 2.05) is 13.0 Å². The molecule has 0 bridgehead atoms. The molecule has 2 unspecified atom stereocenters. The predicted octanol–water partition coefficient (Wildman–Crippen LogP) is 2.11. The first-order chi connectivity index (χ1) is 7.99. The Balaban J connectivity index is 2.74. The second kappa shape index (κ2) is 6.19. The Bertz CT molecular complexity index is 304. The quantitative estimate of drug-likeness (QED) is 0.590. The summed E-state index contributed by atoms with van der Waals surface area (Å²) in [5.74, 6) is 5.66. The number of hydrogen-bond donors (Lipinski definition) is 2. The molecule has 1 rings (SSSR count). The van der Waals surface area contributed by atoms with Gasteiger partial charge >= 0.3 is 0 Å². The molecular weight excluding hydrogens is 216 g/mol. The van der Waals surface area contributed by atoms with E-state index in [0.717, 1.165) is 12.0 Å². The van der Waals surface area contributed by atoms with Crippen LogP contribution in [0.25, 0.3) is 0 Å². The first kappa shape index (κ1) is 14.2. The van der Waals surface area contributed by atoms with Crippen molar-refractivity contribution in [3.05, 3.63) is 24.2 Å². The summed E-state index contributed by atoms with van der Waals surface area (Å²) in [5.41, 5.74) is 4.03. The zero-order chi connectivity index (χ0) is 12.9. The van der Waals surface area contributed by atoms with Gasteiger partial charge in [0.1, 0.15) is 0 Å². The molecule has 0 aromatic carbocycles. The van der Waals surface area contributed by atoms with Crippen LogP contribution in [0.2, 0.25) is 0 Å². The number of nitrogens with two attached hydrogens (primary N) is 1. The van der Waals surface area contributed by atoms with Crippen molar-refractivity contribution in [2.24, 2.45) is 11.3 Å². The van der Waals surface area contributed by atoms with Crippen LogP contribution in [0.4, 0.5) is 0 Å². The monoisotopic (exact) mass is 240 g/mol. The van der Waals surface area contributed by atoms with Gasteiger partial charge in [0, 0.05) is 6.61 Å². The molecule has 0 fully saturated rings. The van der Waals surface area contributed by atoms with Crippen molar-refractivity contribution in [2.75, 3.05) is 6.61 Å². The van der Waals surface area contributed by atoms with Crippen LogP contribution < -0.4 is 11.3 Å². The molecule has 0 saturated heterocycles. The Kier molecular flexibility index (Phi) is 5.18. The topological polar surface area (TPSA) is 60.4 Å². The molecule has 3 N–H and O–H groups in total. The van der Waals surface area contributed by atoms with E-state index in [1.165, 1.54) is 0 Å². The highest BCUT2D eigenvalue weighted by atomic mass is 16.5. The van der Waals surface area contributed by atoms with Crippen LogP contribution in [0, 0.1) is 5.41 Å². The van der Waals surface area contributed by atoms with E-state index < -0.39 is 0 Å². The summed E-state index contributed by atoms with van der Waals surface area (Å²) in [4.78, 5) is 0. The van der Waals surface area contributed by atoms with Gasteiger partial charge in [-0.2, -0.15) is 0 Å². The first-order valence-corrected chi connectivity index (χ1v) is 6.07. The van der Waals surface area contributed by atoms with E-state index in [9.17, 15) is 0 Å². The fraction of sp³-hybridized carbons (Fsp3) is 0.692. The maximum absolute atomic E-state index is 5.84. The molecule has 0 aliphatic rings. The molecule has 1 aromatic heterocycles. The Morgan fingerprint density at radius 3 is 2.59 bits per heavy atom. The van der Waals surface area contributed by atoms with Crippen LogP contribution in [-0.2, 0) is 11.2 Å². The fourth-order valence-electron chi connectivity index (χ4n) is 2.07. The number of hydrazine groups is 1. The molecule has 4 nitrogen and oxygen atoms in total. The Hall–Kier alpha value is -0.840. The Morgan fingerprint density at radius 1 is 1.47 bits per heavy atom. The van der Waals surface area contributed by atoms with Gasteiger partial charge in [-0.25, -0.2) is 0 Å². The molecule has 0 amide bonds. The van der Waals surface area contributed by atoms with Gasteiger partial charge in [0.05, 0.1) is 24.7 Å². The van der Waals surface area contributed by atoms with Crippen LogP contribution in [-0.4, -0.2) is 18.8 Å². The summed E-state index contributed by atoms with van der Waals surface area (Å²) >= 11 is 0. The molecule has 2 atom stereocenters. The lowest BCUT2D eigenvalue weighted by atomic mass is 9.83. The van der Waals surface area contributed by atoms with Crippen molar-refractivity contribution in [3.8, 4) is 0 Å². The van der Waals surface area contributed by atoms with Crippen LogP contribution in [0.1, 0.15) is 33.3 Å². The van der Waals surface area contributed by atoms with Gasteiger partial charge in [0.25, 0.3) is 0 Å². The SMILES string of the molecule is CCOC(C(Cc1ccoc1)NN)C(C)(C)C. The van der Waals surface area contributed by atoms with Gasteiger partial charge in [0.15, 0.2) is 0 Å². The molecular formula is C13H24N2O2. The summed E-state index contributed by atoms with van der Waals surface area (Å²) in [6, 6.07) is 2.03. The van der Waals surface area contributed by atoms with E-state index in [-0.39, 0.29) is 17.6 Å². The number of hydrogen-bond acceptors (Lipinski definition) is 4. The minimum Gasteiger partial charge on any atom is -0.472 e. The molecule has 98 valence electrons. The van der Waals surface area contributed by atoms with Gasteiger partial charge in [-0.3, -0.25) is 11.3 Å². The van der Waals surface area contributed by atoms with Crippen LogP contribution >= 0.6 is 0 Å². The van der Waals surface area contributed by atoms with Crippen molar-refractivity contribution >= 4 is 0 Å². The highest BCUT2D eigenvalue weighted by Crippen LogP contribution is 2.26. The van der Waals surface area contributed by atoms with Gasteiger partial charge in [0.2, 0.25) is 0 Å². The lowest BCUT2D eigenvalue weighted by Crippen LogP contribution is -2.52. The Morgan fingerprint density at radius 2 is 2.18 bits per heavy atom. The van der Waals surface area contributed by atoms with Gasteiger partial charge in [-0.05, 0) is 30.4 Å². The molecule has 17 heavy (non-hydrogen) atoms. The normalized spacial score (nSPS) is 15.8. The molecule has 0 saturated carbocycles. The third-order valence-corrected chi connectivity index (χ3v) is 2.82. The maximum atomic E-state index is 5.84. The van der Waals surface area contributed by atoms with Crippen LogP contribution in [0.5, 0.6) is 0 Å². The second-order valence-electron chi connectivity index (χ2n) is 5.35. The van der Waals surface area contributed by atoms with E-state index in [4.69, 9.17) is 15.0 Å². The fourth-order valence-corrected chi connectivity index (χ4v) is 2.07. The summed E-state index contributed by atoms with van der Waals surface area (Å²) < 4.78 is 10.9. The molecule has 0 aliphatic heterocycles. The average Bonchev–Trinajstić information content (AvgIpc) is 2.74. The standard InChI is InChI=1S/C13H24N2O2/c1-5-17-12(13(2,3)4)11(15-14)8-10-6-7-16-9-10/h6-7,9,11-12,15H,5,8,14H2,1-4H3. The number of rotatable bonds is 6. The predicted molar refractivity (Wildman–Crippen MR) is 68.4 cm³/mol. The molecule has 0 aliphatic carbocycles. The summed E-state index contributed by atoms with van der Waals surface area (Å²) in [5, 5.41) is 0. The summed E-state index contributed by atoms with van der Waals surface area (Å²) in [6.45, 7) is 9.17. The van der Waals surface area contributed by atoms with Gasteiger partial charge < -0.3 is 9.15 Å². The van der Waals surface area contributed by atoms with Crippen molar-refractivity contribution in [1.82, 2.24) is 5.43 Å². The zero-order valence-electron chi connectivity index (χ0n) is 11.2. The van der Waals surface area contributed by atoms with E-state index >= 15 is 0 Å². The third-order valence-electron chi connectivity index (χ3n) is 2.82. The molecule has 1 aromatic rings. The van der Waals surface area contributed by atoms with Crippen molar-refractivity contribution in [3.63, 3.8) is 0 Å². The number of nitrogens with one attached hydrogen (secondary N) is 1. The number of ether oxygens (including phenoxy) is 1. The molecule has 1 heterocycles. The molecule has 4 heteroatoms. The lowest BCUT2D eigenvalue weighted by molar-refractivity contribution is -0.0356. The van der Waals surface area contributed by atoms with Crippen LogP contribution in [0.15, 0.2) is 23.0 Å². The minimum absolute atomic E-state index is 0.0385. The van der Waals surface area contributed by atoms with Crippen LogP contribution in [0.3, 0.4) is 0 Å². The summed E-state index contributed by atoms with van der Waals surface area (Å²) in [7, 11) is 0. The van der Waals surface area contributed by atoms with Crippen molar-refractivity contribution in [1.29, 1.82) is 0 Å². The third kappa shape index (κ3) is 4.15. The molecule has 0 radical (unpaired) electrons. The van der Waals surface area contributed by atoms with Gasteiger partial charge in [-0.15, -0.1) is 0 Å². The van der Waals surface area contributed by atoms with E-state index in [0.29, 0.717) is 6.61 Å². The lowest BCUT2D eigenvalue weighted by Gasteiger charge is -2.36. The largest absolute Gasteiger partial charge is 0.472 e. The second-order valence-corrected chi connectivity index (χ2v) is 5.35.